The summed E-state index contributed by atoms with van der Waals surface area (Å²) in [4.78, 5) is 2.55. The third-order valence-electron chi connectivity index (χ3n) is 11.5. The maximum atomic E-state index is 6.50. The Kier molecular flexibility index (Phi) is 6.39. The van der Waals surface area contributed by atoms with Crippen LogP contribution >= 0.6 is 0 Å². The molecule has 0 spiro atoms. The minimum atomic E-state index is -0.143. The highest BCUT2D eigenvalue weighted by molar-refractivity contribution is 6.74. The first-order valence-corrected chi connectivity index (χ1v) is 18.4. The van der Waals surface area contributed by atoms with Crippen LogP contribution in [-0.4, -0.2) is 7.28 Å². The van der Waals surface area contributed by atoms with Gasteiger partial charge in [-0.25, -0.2) is 0 Å². The molecule has 0 fully saturated rings. The molecular formula is C49H34BN2O. The molecule has 3 heterocycles. The lowest BCUT2D eigenvalue weighted by Gasteiger charge is -2.46. The molecule has 0 saturated heterocycles. The van der Waals surface area contributed by atoms with Crippen molar-refractivity contribution in [1.82, 2.24) is 0 Å². The Labute approximate surface area is 309 Å². The number of fused-ring (bicyclic) bond motifs is 9. The molecule has 0 unspecified atom stereocenters. The highest BCUT2D eigenvalue weighted by Crippen LogP contribution is 2.53. The molecule has 8 aromatic carbocycles. The minimum absolute atomic E-state index is 0.143. The number of nitrogens with one attached hydrogen (secondary N) is 1. The molecule has 4 heteroatoms. The maximum absolute atomic E-state index is 6.50. The summed E-state index contributed by atoms with van der Waals surface area (Å²) in [6, 6.07) is 59.1. The zero-order valence-electron chi connectivity index (χ0n) is 29.5. The Hall–Kier alpha value is -6.52. The zero-order chi connectivity index (χ0) is 35.3. The van der Waals surface area contributed by atoms with Crippen molar-refractivity contribution in [2.75, 3.05) is 10.2 Å². The van der Waals surface area contributed by atoms with Crippen LogP contribution in [0, 0.1) is 0 Å². The molecule has 11 rings (SSSR count). The van der Waals surface area contributed by atoms with E-state index in [0.29, 0.717) is 0 Å². The van der Waals surface area contributed by atoms with Crippen LogP contribution in [0.3, 0.4) is 0 Å². The topological polar surface area (TPSA) is 28.4 Å². The van der Waals surface area contributed by atoms with Gasteiger partial charge in [-0.1, -0.05) is 147 Å². The summed E-state index contributed by atoms with van der Waals surface area (Å²) >= 11 is 0. The van der Waals surface area contributed by atoms with E-state index in [1.165, 1.54) is 66.6 Å². The SMILES string of the molecule is CC1(C)c2ccccc2N2c3c(cccc31)[B]c1c(-c3cc(-c4ccccc4)ccc3Nc3cccc4c3oc3ccccc34)cc3ccccc3c12. The Balaban J connectivity index is 1.19. The van der Waals surface area contributed by atoms with Gasteiger partial charge in [-0.2, -0.15) is 0 Å². The van der Waals surface area contributed by atoms with Gasteiger partial charge in [0.25, 0.3) is 0 Å². The Morgan fingerprint density at radius 1 is 0.547 bits per heavy atom. The van der Waals surface area contributed by atoms with Crippen molar-refractivity contribution in [2.45, 2.75) is 19.3 Å². The number of benzene rings is 8. The predicted molar refractivity (Wildman–Crippen MR) is 224 cm³/mol. The second kappa shape index (κ2) is 11.2. The van der Waals surface area contributed by atoms with Crippen molar-refractivity contribution in [3.05, 3.63) is 175 Å². The van der Waals surface area contributed by atoms with Crippen LogP contribution in [0.15, 0.2) is 168 Å². The van der Waals surface area contributed by atoms with E-state index in [1.54, 1.807) is 0 Å². The van der Waals surface area contributed by atoms with E-state index < -0.39 is 0 Å². The molecule has 1 aromatic heterocycles. The lowest BCUT2D eigenvalue weighted by Crippen LogP contribution is -2.45. The summed E-state index contributed by atoms with van der Waals surface area (Å²) in [5, 5.41) is 8.53. The first kappa shape index (κ1) is 30.1. The van der Waals surface area contributed by atoms with Gasteiger partial charge in [-0.3, -0.25) is 0 Å². The number of rotatable bonds is 4. The lowest BCUT2D eigenvalue weighted by atomic mass is 9.55. The summed E-state index contributed by atoms with van der Waals surface area (Å²) in [6.07, 6.45) is 0. The van der Waals surface area contributed by atoms with Gasteiger partial charge >= 0.3 is 0 Å². The second-order valence-electron chi connectivity index (χ2n) is 14.8. The minimum Gasteiger partial charge on any atom is -0.454 e. The molecule has 3 nitrogen and oxygen atoms in total. The predicted octanol–water partition coefficient (Wildman–Crippen LogP) is 11.9. The van der Waals surface area contributed by atoms with Gasteiger partial charge in [-0.05, 0) is 75.1 Å². The van der Waals surface area contributed by atoms with Gasteiger partial charge in [0.15, 0.2) is 12.9 Å². The van der Waals surface area contributed by atoms with Crippen molar-refractivity contribution in [3.8, 4) is 22.3 Å². The molecular weight excluding hydrogens is 643 g/mol. The highest BCUT2D eigenvalue weighted by atomic mass is 16.3. The molecule has 249 valence electrons. The molecule has 2 aliphatic heterocycles. The average molecular weight is 678 g/mol. The molecule has 0 amide bonds. The van der Waals surface area contributed by atoms with Crippen LogP contribution in [-0.2, 0) is 5.41 Å². The number of anilines is 5. The Morgan fingerprint density at radius 3 is 2.19 bits per heavy atom. The Morgan fingerprint density at radius 2 is 1.28 bits per heavy atom. The molecule has 1 N–H and O–H groups in total. The fourth-order valence-electron chi connectivity index (χ4n) is 8.91. The summed E-state index contributed by atoms with van der Waals surface area (Å²) in [6.45, 7) is 4.72. The van der Waals surface area contributed by atoms with Gasteiger partial charge in [-0.15, -0.1) is 0 Å². The third kappa shape index (κ3) is 4.42. The standard InChI is InChI=1S/C49H34BN2O/c1-49(2)38-20-9-10-24-43(38)52-46-33-17-7-6-16-32(33)29-37(45(46)50-40-22-13-21-39(49)47(40)52)36-28-31(30-14-4-3-5-15-30)26-27-41(36)51-42-23-12-19-35-34-18-8-11-25-44(34)53-48(35)42/h3-29,51H,1-2H3. The number of para-hydroxylation sites is 4. The van der Waals surface area contributed by atoms with Crippen LogP contribution in [0.2, 0.25) is 0 Å². The molecule has 1 radical (unpaired) electrons. The highest BCUT2D eigenvalue weighted by Gasteiger charge is 2.41. The molecule has 0 bridgehead atoms. The van der Waals surface area contributed by atoms with E-state index in [2.05, 4.69) is 183 Å². The van der Waals surface area contributed by atoms with Gasteiger partial charge < -0.3 is 14.6 Å². The number of hydrogen-bond acceptors (Lipinski definition) is 3. The molecule has 9 aromatic rings. The van der Waals surface area contributed by atoms with Crippen LogP contribution in [0.1, 0.15) is 25.0 Å². The average Bonchev–Trinajstić information content (AvgIpc) is 3.59. The van der Waals surface area contributed by atoms with E-state index in [1.807, 2.05) is 12.1 Å². The molecule has 0 saturated carbocycles. The van der Waals surface area contributed by atoms with Crippen molar-refractivity contribution < 1.29 is 4.42 Å². The summed E-state index contributed by atoms with van der Waals surface area (Å²) < 4.78 is 6.50. The Bertz CT molecular complexity index is 2940. The number of nitrogens with zero attached hydrogens (tertiary/aromatic N) is 1. The van der Waals surface area contributed by atoms with Gasteiger partial charge in [0.05, 0.1) is 11.4 Å². The van der Waals surface area contributed by atoms with Crippen molar-refractivity contribution in [2.24, 2.45) is 0 Å². The molecule has 53 heavy (non-hydrogen) atoms. The normalized spacial score (nSPS) is 13.7. The van der Waals surface area contributed by atoms with Gasteiger partial charge in [0, 0.05) is 44.2 Å². The van der Waals surface area contributed by atoms with Crippen LogP contribution in [0.25, 0.3) is 55.0 Å². The van der Waals surface area contributed by atoms with Crippen molar-refractivity contribution in [3.63, 3.8) is 0 Å². The smallest absolute Gasteiger partial charge is 0.197 e. The molecule has 0 aliphatic carbocycles. The first-order chi connectivity index (χ1) is 26.0. The summed E-state index contributed by atoms with van der Waals surface area (Å²) in [5.41, 5.74) is 17.1. The van der Waals surface area contributed by atoms with E-state index in [0.717, 1.165) is 38.9 Å². The zero-order valence-corrected chi connectivity index (χ0v) is 29.5. The molecule has 0 atom stereocenters. The van der Waals surface area contributed by atoms with Crippen molar-refractivity contribution in [1.29, 1.82) is 0 Å². The van der Waals surface area contributed by atoms with Crippen molar-refractivity contribution >= 4 is 79.4 Å². The summed E-state index contributed by atoms with van der Waals surface area (Å²) in [5.74, 6) is 0. The number of furan rings is 1. The fraction of sp³-hybridized carbons (Fsp3) is 0.0612. The van der Waals surface area contributed by atoms with Crippen LogP contribution < -0.4 is 21.1 Å². The van der Waals surface area contributed by atoms with Gasteiger partial charge in [0.1, 0.15) is 5.58 Å². The summed E-state index contributed by atoms with van der Waals surface area (Å²) in [7, 11) is 2.43. The first-order valence-electron chi connectivity index (χ1n) is 18.4. The van der Waals surface area contributed by atoms with E-state index in [4.69, 9.17) is 4.42 Å². The number of hydrogen-bond donors (Lipinski definition) is 1. The van der Waals surface area contributed by atoms with Crippen LogP contribution in [0.4, 0.5) is 28.4 Å². The monoisotopic (exact) mass is 677 g/mol. The lowest BCUT2D eigenvalue weighted by molar-refractivity contribution is 0.632. The molecule has 2 aliphatic rings. The second-order valence-corrected chi connectivity index (χ2v) is 14.8. The third-order valence-corrected chi connectivity index (χ3v) is 11.5. The van der Waals surface area contributed by atoms with E-state index in [9.17, 15) is 0 Å². The van der Waals surface area contributed by atoms with E-state index in [-0.39, 0.29) is 5.41 Å². The van der Waals surface area contributed by atoms with E-state index >= 15 is 0 Å². The maximum Gasteiger partial charge on any atom is 0.197 e. The quantitative estimate of drug-likeness (QED) is 0.188. The van der Waals surface area contributed by atoms with Crippen LogP contribution in [0.5, 0.6) is 0 Å². The van der Waals surface area contributed by atoms with Gasteiger partial charge in [0.2, 0.25) is 0 Å². The largest absolute Gasteiger partial charge is 0.454 e. The fourth-order valence-corrected chi connectivity index (χ4v) is 8.91.